The third-order valence-corrected chi connectivity index (χ3v) is 19.0. The van der Waals surface area contributed by atoms with Crippen LogP contribution in [0.1, 0.15) is 174 Å². The van der Waals surface area contributed by atoms with Gasteiger partial charge in [0.25, 0.3) is 0 Å². The minimum absolute atomic E-state index is 0.120. The van der Waals surface area contributed by atoms with Crippen LogP contribution in [0.2, 0.25) is 0 Å². The number of unbranched alkanes of at least 4 members (excludes halogenated alkanes) is 2. The lowest BCUT2D eigenvalue weighted by Crippen LogP contribution is -2.53. The van der Waals surface area contributed by atoms with Crippen LogP contribution in [0.15, 0.2) is 35.7 Å². The van der Waals surface area contributed by atoms with E-state index >= 15 is 0 Å². The van der Waals surface area contributed by atoms with Crippen LogP contribution in [0, 0.1) is 57.7 Å². The molecule has 10 nitrogen and oxygen atoms in total. The number of aromatic nitrogens is 6. The molecule has 0 radical (unpaired) electrons. The number of allylic oxidation sites excluding steroid dienone is 2. The fourth-order valence-electron chi connectivity index (χ4n) is 15.4. The SMILES string of the molecule is CCCCn1cc([C@]2(O)CCC3C4CCC5=CC(=O)CC[C@@H]5C4CC[C@@]32C)nn1.CCCCn1cc([C@]2(O)CCC3C4CCC5=CC(=O)CC[C@]5(C)C4CC[C@@]32C)nn1. The van der Waals surface area contributed by atoms with E-state index in [2.05, 4.69) is 55.2 Å². The molecule has 10 heteroatoms. The van der Waals surface area contributed by atoms with Crippen molar-refractivity contribution in [2.24, 2.45) is 57.7 Å². The Hall–Kier alpha value is -2.98. The van der Waals surface area contributed by atoms with Gasteiger partial charge in [0, 0.05) is 36.8 Å². The Morgan fingerprint density at radius 1 is 0.610 bits per heavy atom. The average molecular weight is 809 g/mol. The van der Waals surface area contributed by atoms with Gasteiger partial charge in [-0.3, -0.25) is 19.0 Å². The number of carbonyl (C=O) groups is 2. The standard InChI is InChI=1S/C25H37N3O2.C24H35N3O2/c1-4-5-14-28-16-22(26-27-28)25(30)13-10-21-19-7-6-17-15-18(29)8-11-23(17,2)20(19)9-12-24(21,25)3;1-3-4-13-27-15-22(25-26-27)24(29)12-10-21-20-7-5-16-14-17(28)6-8-18(16)19(20)9-11-23(21,24)2/h15-16,19-21,30H,4-14H2,1-3H3;14-15,18-21,29H,3-13H2,1-2H3/t19?,20?,21?,23-,24-,25+;18-,19?,20?,21?,23-,24+/m00/s1. The first kappa shape index (κ1) is 41.4. The second-order valence-corrected chi connectivity index (χ2v) is 21.4. The molecule has 6 saturated carbocycles. The summed E-state index contributed by atoms with van der Waals surface area (Å²) >= 11 is 0. The van der Waals surface area contributed by atoms with Crippen LogP contribution in [0.3, 0.4) is 0 Å². The first-order chi connectivity index (χ1) is 28.3. The molecule has 6 fully saturated rings. The normalized spacial score (nSPS) is 42.3. The lowest BCUT2D eigenvalue weighted by Gasteiger charge is -2.59. The Bertz CT molecular complexity index is 1980. The Labute approximate surface area is 352 Å². The quantitative estimate of drug-likeness (QED) is 0.270. The third kappa shape index (κ3) is 6.52. The van der Waals surface area contributed by atoms with Gasteiger partial charge in [-0.05, 0) is 162 Å². The van der Waals surface area contributed by atoms with Crippen molar-refractivity contribution in [3.05, 3.63) is 47.1 Å². The molecular formula is C49H72N6O4. The monoisotopic (exact) mass is 809 g/mol. The van der Waals surface area contributed by atoms with Crippen LogP contribution in [0.4, 0.5) is 0 Å². The van der Waals surface area contributed by atoms with E-state index in [9.17, 15) is 19.8 Å². The van der Waals surface area contributed by atoms with Crippen molar-refractivity contribution >= 4 is 11.6 Å². The Kier molecular flexibility index (Phi) is 10.8. The summed E-state index contributed by atoms with van der Waals surface area (Å²) in [7, 11) is 0. The van der Waals surface area contributed by atoms with Crippen LogP contribution in [0.5, 0.6) is 0 Å². The summed E-state index contributed by atoms with van der Waals surface area (Å²) in [5.74, 6) is 5.00. The number of hydrogen-bond acceptors (Lipinski definition) is 8. The number of fused-ring (bicyclic) bond motifs is 10. The van der Waals surface area contributed by atoms with Gasteiger partial charge >= 0.3 is 0 Å². The van der Waals surface area contributed by atoms with Crippen LogP contribution in [-0.2, 0) is 33.9 Å². The van der Waals surface area contributed by atoms with Crippen LogP contribution in [0.25, 0.3) is 0 Å². The smallest absolute Gasteiger partial charge is 0.155 e. The second kappa shape index (κ2) is 15.4. The molecule has 2 aromatic rings. The first-order valence-corrected chi connectivity index (χ1v) is 24.0. The van der Waals surface area contributed by atoms with E-state index in [0.717, 1.165) is 127 Å². The van der Waals surface area contributed by atoms with Crippen molar-refractivity contribution in [3.8, 4) is 0 Å². The zero-order chi connectivity index (χ0) is 41.4. The summed E-state index contributed by atoms with van der Waals surface area (Å²) < 4.78 is 3.83. The van der Waals surface area contributed by atoms with E-state index in [1.165, 1.54) is 30.4 Å². The van der Waals surface area contributed by atoms with Crippen molar-refractivity contribution in [2.45, 2.75) is 187 Å². The van der Waals surface area contributed by atoms with Gasteiger partial charge in [0.1, 0.15) is 22.6 Å². The number of carbonyl (C=O) groups excluding carboxylic acids is 2. The van der Waals surface area contributed by atoms with Gasteiger partial charge in [0.15, 0.2) is 11.6 Å². The average Bonchev–Trinajstić information content (AvgIpc) is 4.02. The molecule has 59 heavy (non-hydrogen) atoms. The minimum atomic E-state index is -0.868. The van der Waals surface area contributed by atoms with Crippen molar-refractivity contribution in [1.82, 2.24) is 30.0 Å². The Morgan fingerprint density at radius 2 is 1.17 bits per heavy atom. The highest BCUT2D eigenvalue weighted by Crippen LogP contribution is 2.70. The van der Waals surface area contributed by atoms with E-state index in [4.69, 9.17) is 0 Å². The van der Waals surface area contributed by atoms with E-state index in [0.29, 0.717) is 59.4 Å². The lowest BCUT2D eigenvalue weighted by atomic mass is 9.46. The van der Waals surface area contributed by atoms with Crippen LogP contribution in [-0.4, -0.2) is 51.8 Å². The molecule has 2 N–H and O–H groups in total. The molecule has 6 unspecified atom stereocenters. The Balaban J connectivity index is 0.000000152. The number of rotatable bonds is 8. The Morgan fingerprint density at radius 3 is 1.80 bits per heavy atom. The van der Waals surface area contributed by atoms with E-state index in [1.54, 1.807) is 0 Å². The van der Waals surface area contributed by atoms with Crippen molar-refractivity contribution in [3.63, 3.8) is 0 Å². The summed E-state index contributed by atoms with van der Waals surface area (Å²) in [6.45, 7) is 13.2. The first-order valence-electron chi connectivity index (χ1n) is 24.0. The van der Waals surface area contributed by atoms with Gasteiger partial charge in [0.2, 0.25) is 0 Å². The molecule has 8 aliphatic rings. The summed E-state index contributed by atoms with van der Waals surface area (Å²) in [5.41, 5.74) is 2.62. The molecule has 10 rings (SSSR count). The number of nitrogens with zero attached hydrogens (tertiary/aromatic N) is 6. The molecule has 0 saturated heterocycles. The molecular weight excluding hydrogens is 737 g/mol. The topological polar surface area (TPSA) is 136 Å². The molecule has 2 heterocycles. The van der Waals surface area contributed by atoms with E-state index in [1.807, 2.05) is 33.9 Å². The molecule has 0 spiro atoms. The zero-order valence-corrected chi connectivity index (χ0v) is 36.8. The van der Waals surface area contributed by atoms with Gasteiger partial charge < -0.3 is 10.2 Å². The van der Waals surface area contributed by atoms with Crippen molar-refractivity contribution < 1.29 is 19.8 Å². The minimum Gasteiger partial charge on any atom is -0.383 e. The largest absolute Gasteiger partial charge is 0.383 e. The predicted octanol–water partition coefficient (Wildman–Crippen LogP) is 9.21. The molecule has 322 valence electrons. The highest BCUT2D eigenvalue weighted by molar-refractivity contribution is 5.92. The third-order valence-electron chi connectivity index (χ3n) is 19.0. The van der Waals surface area contributed by atoms with Gasteiger partial charge in [-0.15, -0.1) is 10.2 Å². The number of hydrogen-bond donors (Lipinski definition) is 2. The van der Waals surface area contributed by atoms with E-state index in [-0.39, 0.29) is 16.2 Å². The van der Waals surface area contributed by atoms with E-state index < -0.39 is 11.2 Å². The van der Waals surface area contributed by atoms with Crippen LogP contribution >= 0.6 is 0 Å². The van der Waals surface area contributed by atoms with Crippen molar-refractivity contribution in [1.29, 1.82) is 0 Å². The summed E-state index contributed by atoms with van der Waals surface area (Å²) in [5, 5.41) is 41.5. The van der Waals surface area contributed by atoms with Gasteiger partial charge in [-0.25, -0.2) is 0 Å². The number of ketones is 2. The highest BCUT2D eigenvalue weighted by Gasteiger charge is 2.66. The van der Waals surface area contributed by atoms with Gasteiger partial charge in [-0.2, -0.15) is 0 Å². The maximum absolute atomic E-state index is 12.0. The fourth-order valence-corrected chi connectivity index (χ4v) is 15.4. The predicted molar refractivity (Wildman–Crippen MR) is 226 cm³/mol. The highest BCUT2D eigenvalue weighted by atomic mass is 16.3. The van der Waals surface area contributed by atoms with Crippen LogP contribution < -0.4 is 0 Å². The number of aliphatic hydroxyl groups is 2. The molecule has 0 aromatic carbocycles. The van der Waals surface area contributed by atoms with Crippen molar-refractivity contribution in [2.75, 3.05) is 0 Å². The summed E-state index contributed by atoms with van der Waals surface area (Å²) in [4.78, 5) is 23.9. The molecule has 0 amide bonds. The molecule has 0 aliphatic heterocycles. The van der Waals surface area contributed by atoms with Gasteiger partial charge in [0.05, 0.1) is 12.4 Å². The maximum Gasteiger partial charge on any atom is 0.155 e. The zero-order valence-electron chi connectivity index (χ0n) is 36.8. The molecule has 8 aliphatic carbocycles. The second-order valence-electron chi connectivity index (χ2n) is 21.4. The maximum atomic E-state index is 12.0. The summed E-state index contributed by atoms with van der Waals surface area (Å²) in [6, 6.07) is 0. The fraction of sp³-hybridized carbons (Fsp3) is 0.796. The summed E-state index contributed by atoms with van der Waals surface area (Å²) in [6.07, 6.45) is 28.5. The molecule has 12 atom stereocenters. The lowest BCUT2D eigenvalue weighted by molar-refractivity contribution is -0.135. The number of aryl methyl sites for hydroxylation is 2. The molecule has 0 bridgehead atoms. The molecule has 2 aromatic heterocycles. The van der Waals surface area contributed by atoms with Gasteiger partial charge in [-0.1, -0.05) is 69.0 Å².